The quantitative estimate of drug-likeness (QED) is 0.769. The molecule has 1 saturated heterocycles. The van der Waals surface area contributed by atoms with E-state index in [1.165, 1.54) is 30.4 Å². The molecular weight excluding hydrogens is 360 g/mol. The molecule has 1 aliphatic carbocycles. The molecule has 0 unspecified atom stereocenters. The van der Waals surface area contributed by atoms with E-state index in [-0.39, 0.29) is 30.8 Å². The summed E-state index contributed by atoms with van der Waals surface area (Å²) in [5, 5.41) is 28.0. The summed E-state index contributed by atoms with van der Waals surface area (Å²) in [6.07, 6.45) is 8.63. The zero-order valence-electron chi connectivity index (χ0n) is 17.0. The Morgan fingerprint density at radius 2 is 1.96 bits per heavy atom. The molecule has 0 radical (unpaired) electrons. The van der Waals surface area contributed by atoms with Crippen molar-refractivity contribution in [3.05, 3.63) is 11.9 Å². The van der Waals surface area contributed by atoms with Gasteiger partial charge in [-0.2, -0.15) is 0 Å². The first kappa shape index (κ1) is 20.8. The Hall–Kier alpha value is -1.96. The second-order valence-electron chi connectivity index (χ2n) is 9.00. The first-order valence-corrected chi connectivity index (χ1v) is 10.3. The van der Waals surface area contributed by atoms with Crippen molar-refractivity contribution in [3.8, 4) is 0 Å². The van der Waals surface area contributed by atoms with Crippen LogP contribution in [-0.2, 0) is 15.2 Å². The molecule has 1 aliphatic heterocycles. The van der Waals surface area contributed by atoms with Crippen molar-refractivity contribution in [1.29, 1.82) is 0 Å². The highest BCUT2D eigenvalue weighted by atomic mass is 16.4. The van der Waals surface area contributed by atoms with E-state index >= 15 is 0 Å². The number of aromatic nitrogens is 3. The van der Waals surface area contributed by atoms with Crippen molar-refractivity contribution in [3.63, 3.8) is 0 Å². The highest BCUT2D eigenvalue weighted by Gasteiger charge is 2.43. The van der Waals surface area contributed by atoms with Crippen LogP contribution in [0.15, 0.2) is 6.20 Å². The maximum atomic E-state index is 13.1. The van der Waals surface area contributed by atoms with Crippen LogP contribution >= 0.6 is 0 Å². The lowest BCUT2D eigenvalue weighted by Crippen LogP contribution is -2.43. The summed E-state index contributed by atoms with van der Waals surface area (Å²) in [7, 11) is 0. The lowest BCUT2D eigenvalue weighted by molar-refractivity contribution is -0.149. The molecule has 3 rings (SSSR count). The smallest absolute Gasteiger partial charge is 0.326 e. The van der Waals surface area contributed by atoms with E-state index in [1.54, 1.807) is 18.5 Å². The van der Waals surface area contributed by atoms with Gasteiger partial charge in [0.25, 0.3) is 0 Å². The fourth-order valence-electron chi connectivity index (χ4n) is 4.73. The number of nitrogens with zero attached hydrogens (tertiary/aromatic N) is 4. The van der Waals surface area contributed by atoms with Crippen molar-refractivity contribution in [2.75, 3.05) is 6.54 Å². The van der Waals surface area contributed by atoms with Crippen molar-refractivity contribution < 1.29 is 19.8 Å². The molecule has 0 spiro atoms. The van der Waals surface area contributed by atoms with E-state index < -0.39 is 17.6 Å². The second kappa shape index (κ2) is 8.19. The zero-order chi connectivity index (χ0) is 20.5. The number of amides is 1. The number of hydrogen-bond donors (Lipinski definition) is 2. The number of aliphatic carboxylic acids is 1. The molecule has 1 aromatic rings. The Labute approximate surface area is 165 Å². The molecule has 28 heavy (non-hydrogen) atoms. The van der Waals surface area contributed by atoms with E-state index in [4.69, 9.17) is 0 Å². The van der Waals surface area contributed by atoms with Crippen molar-refractivity contribution >= 4 is 11.9 Å². The molecular formula is C20H32N4O4. The molecule has 2 heterocycles. The number of aliphatic hydroxyl groups is 1. The molecule has 1 amide bonds. The molecule has 0 bridgehead atoms. The van der Waals surface area contributed by atoms with E-state index in [1.807, 2.05) is 6.92 Å². The van der Waals surface area contributed by atoms with Gasteiger partial charge in [0.1, 0.15) is 11.6 Å². The molecule has 8 heteroatoms. The number of carbonyl (C=O) groups is 2. The molecule has 2 N–H and O–H groups in total. The Balaban J connectivity index is 1.74. The van der Waals surface area contributed by atoms with E-state index in [0.717, 1.165) is 19.3 Å². The maximum absolute atomic E-state index is 13.1. The van der Waals surface area contributed by atoms with Crippen LogP contribution in [0.3, 0.4) is 0 Å². The lowest BCUT2D eigenvalue weighted by atomic mass is 9.83. The van der Waals surface area contributed by atoms with Crippen LogP contribution in [0.25, 0.3) is 0 Å². The van der Waals surface area contributed by atoms with Gasteiger partial charge in [-0.3, -0.25) is 4.79 Å². The summed E-state index contributed by atoms with van der Waals surface area (Å²) in [5.41, 5.74) is -0.625. The minimum Gasteiger partial charge on any atom is -0.480 e. The third kappa shape index (κ3) is 4.37. The van der Waals surface area contributed by atoms with Crippen LogP contribution in [0.1, 0.15) is 77.5 Å². The monoisotopic (exact) mass is 392 g/mol. The zero-order valence-corrected chi connectivity index (χ0v) is 17.0. The number of hydrogen-bond acceptors (Lipinski definition) is 5. The Kier molecular flexibility index (Phi) is 6.07. The van der Waals surface area contributed by atoms with Gasteiger partial charge in [-0.05, 0) is 26.2 Å². The summed E-state index contributed by atoms with van der Waals surface area (Å²) >= 11 is 0. The minimum atomic E-state index is -1.14. The van der Waals surface area contributed by atoms with Crippen LogP contribution in [-0.4, -0.2) is 54.6 Å². The number of likely N-dealkylation sites (tertiary alicyclic amines) is 1. The Morgan fingerprint density at radius 1 is 1.29 bits per heavy atom. The molecule has 1 saturated carbocycles. The third-order valence-electron chi connectivity index (χ3n) is 6.23. The highest BCUT2D eigenvalue weighted by Crippen LogP contribution is 2.34. The normalized spacial score (nSPS) is 25.1. The third-order valence-corrected chi connectivity index (χ3v) is 6.23. The predicted molar refractivity (Wildman–Crippen MR) is 102 cm³/mol. The van der Waals surface area contributed by atoms with Gasteiger partial charge < -0.3 is 15.1 Å². The van der Waals surface area contributed by atoms with Crippen molar-refractivity contribution in [2.24, 2.45) is 11.8 Å². The average molecular weight is 393 g/mol. The van der Waals surface area contributed by atoms with Crippen LogP contribution in [0.2, 0.25) is 0 Å². The summed E-state index contributed by atoms with van der Waals surface area (Å²) in [5.74, 6) is -0.712. The molecule has 2 fully saturated rings. The minimum absolute atomic E-state index is 0.0922. The van der Waals surface area contributed by atoms with Crippen LogP contribution in [0.5, 0.6) is 0 Å². The molecule has 1 aromatic heterocycles. The first-order chi connectivity index (χ1) is 13.2. The van der Waals surface area contributed by atoms with Crippen LogP contribution in [0, 0.1) is 11.8 Å². The Bertz CT molecular complexity index is 705. The molecule has 0 aromatic carbocycles. The standard InChI is InChI=1S/C20H32N4O4/c1-13(9-14-7-5-4-6-8-14)18(25)23-12-15(10-16(23)19(26)27)24-17(11-21-22-24)20(2,3)28/h11,13-16,28H,4-10,12H2,1-3H3,(H,26,27)/t13-,15+,16+/m1/s1. The highest BCUT2D eigenvalue weighted by molar-refractivity contribution is 5.85. The van der Waals surface area contributed by atoms with E-state index in [9.17, 15) is 19.8 Å². The molecule has 2 aliphatic rings. The number of carbonyl (C=O) groups excluding carboxylic acids is 1. The SMILES string of the molecule is C[C@H](CC1CCCCC1)C(=O)N1C[C@@H](n2nncc2C(C)(C)O)C[C@H]1C(=O)O. The predicted octanol–water partition coefficient (Wildman–Crippen LogP) is 2.34. The lowest BCUT2D eigenvalue weighted by Gasteiger charge is -2.28. The van der Waals surface area contributed by atoms with Gasteiger partial charge in [0, 0.05) is 18.9 Å². The van der Waals surface area contributed by atoms with Gasteiger partial charge in [0.05, 0.1) is 17.9 Å². The van der Waals surface area contributed by atoms with Crippen LogP contribution < -0.4 is 0 Å². The van der Waals surface area contributed by atoms with E-state index in [2.05, 4.69) is 10.3 Å². The summed E-state index contributed by atoms with van der Waals surface area (Å²) in [6.45, 7) is 5.47. The van der Waals surface area contributed by atoms with Gasteiger partial charge in [-0.25, -0.2) is 9.48 Å². The first-order valence-electron chi connectivity index (χ1n) is 10.3. The Morgan fingerprint density at radius 3 is 2.57 bits per heavy atom. The average Bonchev–Trinajstić information content (AvgIpc) is 3.28. The van der Waals surface area contributed by atoms with Crippen LogP contribution in [0.4, 0.5) is 0 Å². The van der Waals surface area contributed by atoms with Gasteiger partial charge in [0.15, 0.2) is 0 Å². The second-order valence-corrected chi connectivity index (χ2v) is 9.00. The summed E-state index contributed by atoms with van der Waals surface area (Å²) in [6, 6.07) is -1.18. The summed E-state index contributed by atoms with van der Waals surface area (Å²) in [4.78, 5) is 26.4. The number of rotatable bonds is 6. The van der Waals surface area contributed by atoms with Gasteiger partial charge >= 0.3 is 5.97 Å². The molecule has 3 atom stereocenters. The summed E-state index contributed by atoms with van der Waals surface area (Å²) < 4.78 is 1.58. The topological polar surface area (TPSA) is 109 Å². The van der Waals surface area contributed by atoms with Gasteiger partial charge in [-0.15, -0.1) is 5.10 Å². The fourth-order valence-corrected chi connectivity index (χ4v) is 4.73. The van der Waals surface area contributed by atoms with Gasteiger partial charge in [0.2, 0.25) is 5.91 Å². The molecule has 8 nitrogen and oxygen atoms in total. The fraction of sp³-hybridized carbons (Fsp3) is 0.800. The molecule has 156 valence electrons. The van der Waals surface area contributed by atoms with Crippen molar-refractivity contribution in [2.45, 2.75) is 83.4 Å². The largest absolute Gasteiger partial charge is 0.480 e. The van der Waals surface area contributed by atoms with Crippen molar-refractivity contribution in [1.82, 2.24) is 19.9 Å². The number of carboxylic acid groups (broad SMARTS) is 1. The van der Waals surface area contributed by atoms with Gasteiger partial charge in [-0.1, -0.05) is 44.2 Å². The maximum Gasteiger partial charge on any atom is 0.326 e. The number of carboxylic acids is 1. The van der Waals surface area contributed by atoms with E-state index in [0.29, 0.717) is 11.6 Å².